The van der Waals surface area contributed by atoms with Crippen LogP contribution in [0.1, 0.15) is 16.1 Å². The van der Waals surface area contributed by atoms with E-state index in [1.165, 1.54) is 6.08 Å². The molecule has 98 valence electrons. The van der Waals surface area contributed by atoms with Crippen LogP contribution in [0, 0.1) is 0 Å². The summed E-state index contributed by atoms with van der Waals surface area (Å²) in [7, 11) is 0. The van der Waals surface area contributed by atoms with E-state index in [0.717, 1.165) is 21.0 Å². The standard InChI is InChI=1S/C17H11BrO2/c18-14-6-3-4-12(10-14)8-9-15(19)17-11-13-5-1-2-7-16(13)20-17/h1-11H/b9-8+. The summed E-state index contributed by atoms with van der Waals surface area (Å²) in [6, 6.07) is 17.1. The summed E-state index contributed by atoms with van der Waals surface area (Å²) in [5.74, 6) is 0.221. The van der Waals surface area contributed by atoms with Crippen molar-refractivity contribution in [3.63, 3.8) is 0 Å². The number of allylic oxidation sites excluding steroid dienone is 1. The molecule has 0 aliphatic carbocycles. The topological polar surface area (TPSA) is 30.2 Å². The highest BCUT2D eigenvalue weighted by Gasteiger charge is 2.08. The lowest BCUT2D eigenvalue weighted by atomic mass is 10.2. The molecule has 0 bridgehead atoms. The molecule has 0 aliphatic heterocycles. The van der Waals surface area contributed by atoms with Crippen LogP contribution >= 0.6 is 15.9 Å². The van der Waals surface area contributed by atoms with Gasteiger partial charge in [0.1, 0.15) is 5.58 Å². The van der Waals surface area contributed by atoms with Crippen molar-refractivity contribution in [3.05, 3.63) is 76.5 Å². The highest BCUT2D eigenvalue weighted by molar-refractivity contribution is 9.10. The monoisotopic (exact) mass is 326 g/mol. The quantitative estimate of drug-likeness (QED) is 0.495. The van der Waals surface area contributed by atoms with Crippen molar-refractivity contribution in [1.82, 2.24) is 0 Å². The Kier molecular flexibility index (Phi) is 3.52. The lowest BCUT2D eigenvalue weighted by Crippen LogP contribution is -1.90. The first-order valence-corrected chi connectivity index (χ1v) is 6.98. The largest absolute Gasteiger partial charge is 0.453 e. The molecule has 0 unspecified atom stereocenters. The van der Waals surface area contributed by atoms with Crippen LogP contribution in [-0.4, -0.2) is 5.78 Å². The number of halogens is 1. The molecule has 0 aliphatic rings. The van der Waals surface area contributed by atoms with Crippen LogP contribution in [-0.2, 0) is 0 Å². The smallest absolute Gasteiger partial charge is 0.221 e. The van der Waals surface area contributed by atoms with Gasteiger partial charge in [-0.3, -0.25) is 4.79 Å². The number of hydrogen-bond donors (Lipinski definition) is 0. The lowest BCUT2D eigenvalue weighted by Gasteiger charge is -1.93. The van der Waals surface area contributed by atoms with Gasteiger partial charge in [-0.05, 0) is 35.9 Å². The highest BCUT2D eigenvalue weighted by atomic mass is 79.9. The van der Waals surface area contributed by atoms with Gasteiger partial charge in [0.2, 0.25) is 5.78 Å². The van der Waals surface area contributed by atoms with Gasteiger partial charge in [0.05, 0.1) is 0 Å². The predicted molar refractivity (Wildman–Crippen MR) is 83.7 cm³/mol. The second-order valence-electron chi connectivity index (χ2n) is 4.40. The highest BCUT2D eigenvalue weighted by Crippen LogP contribution is 2.20. The molecule has 0 N–H and O–H groups in total. The minimum atomic E-state index is -0.138. The maximum Gasteiger partial charge on any atom is 0.221 e. The Bertz CT molecular complexity index is 766. The van der Waals surface area contributed by atoms with Gasteiger partial charge >= 0.3 is 0 Å². The first-order valence-electron chi connectivity index (χ1n) is 6.19. The normalized spacial score (nSPS) is 11.2. The summed E-state index contributed by atoms with van der Waals surface area (Å²) in [6.45, 7) is 0. The summed E-state index contributed by atoms with van der Waals surface area (Å²) >= 11 is 3.40. The number of carbonyl (C=O) groups excluding carboxylic acids is 1. The van der Waals surface area contributed by atoms with E-state index in [0.29, 0.717) is 5.76 Å². The Morgan fingerprint density at radius 3 is 2.70 bits per heavy atom. The molecule has 0 saturated carbocycles. The molecule has 1 heterocycles. The van der Waals surface area contributed by atoms with Gasteiger partial charge in [-0.25, -0.2) is 0 Å². The molecule has 2 nitrogen and oxygen atoms in total. The van der Waals surface area contributed by atoms with Gasteiger partial charge in [-0.2, -0.15) is 0 Å². The molecule has 0 fully saturated rings. The Hall–Kier alpha value is -2.13. The maximum atomic E-state index is 12.1. The first kappa shape index (κ1) is 12.9. The van der Waals surface area contributed by atoms with Gasteiger partial charge in [-0.1, -0.05) is 52.3 Å². The number of hydrogen-bond acceptors (Lipinski definition) is 2. The van der Waals surface area contributed by atoms with E-state index in [1.807, 2.05) is 48.5 Å². The predicted octanol–water partition coefficient (Wildman–Crippen LogP) is 5.09. The Morgan fingerprint density at radius 2 is 1.90 bits per heavy atom. The fourth-order valence-corrected chi connectivity index (χ4v) is 2.38. The van der Waals surface area contributed by atoms with Gasteiger partial charge in [-0.15, -0.1) is 0 Å². The molecule has 0 amide bonds. The molecule has 1 aromatic heterocycles. The Balaban J connectivity index is 1.85. The summed E-state index contributed by atoms with van der Waals surface area (Å²) in [4.78, 5) is 12.1. The average molecular weight is 327 g/mol. The second kappa shape index (κ2) is 5.47. The summed E-state index contributed by atoms with van der Waals surface area (Å²) in [6.07, 6.45) is 3.31. The third-order valence-electron chi connectivity index (χ3n) is 2.94. The van der Waals surface area contributed by atoms with Gasteiger partial charge in [0, 0.05) is 9.86 Å². The second-order valence-corrected chi connectivity index (χ2v) is 5.32. The van der Waals surface area contributed by atoms with Crippen molar-refractivity contribution in [2.24, 2.45) is 0 Å². The van der Waals surface area contributed by atoms with Gasteiger partial charge in [0.25, 0.3) is 0 Å². The van der Waals surface area contributed by atoms with Crippen LogP contribution in [0.5, 0.6) is 0 Å². The Labute approximate surface area is 124 Å². The number of para-hydroxylation sites is 1. The molecular weight excluding hydrogens is 316 g/mol. The zero-order chi connectivity index (χ0) is 13.9. The van der Waals surface area contributed by atoms with Crippen molar-refractivity contribution in [2.75, 3.05) is 0 Å². The zero-order valence-corrected chi connectivity index (χ0v) is 12.1. The number of fused-ring (bicyclic) bond motifs is 1. The fraction of sp³-hybridized carbons (Fsp3) is 0. The van der Waals surface area contributed by atoms with E-state index < -0.39 is 0 Å². The average Bonchev–Trinajstić information content (AvgIpc) is 2.89. The molecule has 20 heavy (non-hydrogen) atoms. The van der Waals surface area contributed by atoms with E-state index >= 15 is 0 Å². The van der Waals surface area contributed by atoms with Crippen LogP contribution in [0.25, 0.3) is 17.0 Å². The van der Waals surface area contributed by atoms with Gasteiger partial charge < -0.3 is 4.42 Å². The molecule has 0 saturated heterocycles. The molecule has 0 spiro atoms. The summed E-state index contributed by atoms with van der Waals surface area (Å²) in [5.41, 5.74) is 1.69. The van der Waals surface area contributed by atoms with E-state index in [1.54, 1.807) is 12.1 Å². The third-order valence-corrected chi connectivity index (χ3v) is 3.44. The summed E-state index contributed by atoms with van der Waals surface area (Å²) in [5, 5.41) is 0.937. The molecular formula is C17H11BrO2. The van der Waals surface area contributed by atoms with Crippen LogP contribution in [0.2, 0.25) is 0 Å². The molecule has 0 atom stereocenters. The number of furan rings is 1. The zero-order valence-electron chi connectivity index (χ0n) is 10.5. The van der Waals surface area contributed by atoms with Crippen LogP contribution in [0.4, 0.5) is 0 Å². The minimum absolute atomic E-state index is 0.138. The van der Waals surface area contributed by atoms with E-state index in [9.17, 15) is 4.79 Å². The molecule has 0 radical (unpaired) electrons. The fourth-order valence-electron chi connectivity index (χ4n) is 1.97. The van der Waals surface area contributed by atoms with Crippen molar-refractivity contribution in [1.29, 1.82) is 0 Å². The van der Waals surface area contributed by atoms with Gasteiger partial charge in [0.15, 0.2) is 5.76 Å². The van der Waals surface area contributed by atoms with E-state index in [4.69, 9.17) is 4.42 Å². The number of benzene rings is 2. The molecule has 3 heteroatoms. The summed E-state index contributed by atoms with van der Waals surface area (Å²) < 4.78 is 6.51. The number of carbonyl (C=O) groups is 1. The first-order chi connectivity index (χ1) is 9.72. The van der Waals surface area contributed by atoms with Crippen LogP contribution < -0.4 is 0 Å². The number of ketones is 1. The lowest BCUT2D eigenvalue weighted by molar-refractivity contribution is 0.102. The van der Waals surface area contributed by atoms with Crippen molar-refractivity contribution in [2.45, 2.75) is 0 Å². The van der Waals surface area contributed by atoms with E-state index in [-0.39, 0.29) is 5.78 Å². The van der Waals surface area contributed by atoms with Crippen LogP contribution in [0.3, 0.4) is 0 Å². The SMILES string of the molecule is O=C(/C=C/c1cccc(Br)c1)c1cc2ccccc2o1. The van der Waals surface area contributed by atoms with Crippen molar-refractivity contribution in [3.8, 4) is 0 Å². The molecule has 3 aromatic rings. The minimum Gasteiger partial charge on any atom is -0.453 e. The molecule has 2 aromatic carbocycles. The van der Waals surface area contributed by atoms with Crippen molar-refractivity contribution >= 4 is 38.8 Å². The maximum absolute atomic E-state index is 12.1. The Morgan fingerprint density at radius 1 is 1.05 bits per heavy atom. The third kappa shape index (κ3) is 2.73. The van der Waals surface area contributed by atoms with E-state index in [2.05, 4.69) is 15.9 Å². The van der Waals surface area contributed by atoms with Crippen molar-refractivity contribution < 1.29 is 9.21 Å². The number of rotatable bonds is 3. The van der Waals surface area contributed by atoms with Crippen LogP contribution in [0.15, 0.2) is 69.6 Å². The molecule has 3 rings (SSSR count).